The lowest BCUT2D eigenvalue weighted by Crippen LogP contribution is -2.37. The normalized spacial score (nSPS) is 12.1. The highest BCUT2D eigenvalue weighted by Crippen LogP contribution is 2.36. The van der Waals surface area contributed by atoms with Gasteiger partial charge >= 0.3 is 6.18 Å². The number of hydrogen-bond acceptors (Lipinski definition) is 3. The second-order valence-corrected chi connectivity index (χ2v) is 10.8. The second-order valence-electron chi connectivity index (χ2n) is 7.09. The summed E-state index contributed by atoms with van der Waals surface area (Å²) in [5.74, 6) is -0.829. The van der Waals surface area contributed by atoms with Gasteiger partial charge in [-0.15, -0.1) is 0 Å². The zero-order chi connectivity index (χ0) is 25.1. The molecule has 1 amide bonds. The van der Waals surface area contributed by atoms with Gasteiger partial charge in [-0.2, -0.15) is 17.5 Å². The van der Waals surface area contributed by atoms with E-state index in [1.54, 1.807) is 24.3 Å². The number of amides is 1. The molecule has 180 valence electrons. The van der Waals surface area contributed by atoms with Gasteiger partial charge < -0.3 is 5.32 Å². The minimum atomic E-state index is -4.72. The summed E-state index contributed by atoms with van der Waals surface area (Å²) in [6.07, 6.45) is -4.72. The van der Waals surface area contributed by atoms with E-state index in [4.69, 9.17) is 23.2 Å². The molecular formula is C22H16BrCl2F3N2O3S. The van der Waals surface area contributed by atoms with Crippen molar-refractivity contribution in [2.24, 2.45) is 0 Å². The zero-order valence-electron chi connectivity index (χ0n) is 17.1. The van der Waals surface area contributed by atoms with Crippen LogP contribution < -0.4 is 5.32 Å². The fraction of sp³-hybridized carbons (Fsp3) is 0.136. The van der Waals surface area contributed by atoms with Gasteiger partial charge in [-0.1, -0.05) is 51.3 Å². The van der Waals surface area contributed by atoms with Crippen LogP contribution >= 0.6 is 39.1 Å². The molecule has 0 saturated heterocycles. The quantitative estimate of drug-likeness (QED) is 0.334. The highest BCUT2D eigenvalue weighted by Gasteiger charge is 2.33. The zero-order valence-corrected chi connectivity index (χ0v) is 21.0. The number of sulfonamides is 1. The van der Waals surface area contributed by atoms with Crippen LogP contribution in [0.3, 0.4) is 0 Å². The van der Waals surface area contributed by atoms with Crippen LogP contribution in [-0.2, 0) is 27.5 Å². The second kappa shape index (κ2) is 10.7. The van der Waals surface area contributed by atoms with Gasteiger partial charge in [-0.05, 0) is 60.2 Å². The fourth-order valence-electron chi connectivity index (χ4n) is 2.96. The number of halogens is 6. The Balaban J connectivity index is 1.88. The van der Waals surface area contributed by atoms with E-state index in [-0.39, 0.29) is 17.1 Å². The third-order valence-corrected chi connectivity index (χ3v) is 7.52. The van der Waals surface area contributed by atoms with Gasteiger partial charge in [0.15, 0.2) is 0 Å². The number of carbonyl (C=O) groups is 1. The number of anilines is 1. The SMILES string of the molecule is O=C(CN(Cc1ccc(Br)cc1)S(=O)(=O)c1ccc(Cl)cc1)Nc1ccc(Cl)c(C(F)(F)F)c1. The number of alkyl halides is 3. The fourth-order valence-corrected chi connectivity index (χ4v) is 4.96. The molecule has 5 nitrogen and oxygen atoms in total. The predicted molar refractivity (Wildman–Crippen MR) is 128 cm³/mol. The summed E-state index contributed by atoms with van der Waals surface area (Å²) >= 11 is 14.8. The average molecular weight is 596 g/mol. The van der Waals surface area contributed by atoms with E-state index in [1.165, 1.54) is 30.3 Å². The van der Waals surface area contributed by atoms with Crippen LogP contribution in [0.2, 0.25) is 10.0 Å². The molecule has 0 saturated carbocycles. The van der Waals surface area contributed by atoms with E-state index in [2.05, 4.69) is 21.2 Å². The van der Waals surface area contributed by atoms with Crippen molar-refractivity contribution in [2.75, 3.05) is 11.9 Å². The minimum absolute atomic E-state index is 0.0901. The molecule has 0 fully saturated rings. The van der Waals surface area contributed by atoms with Crippen molar-refractivity contribution < 1.29 is 26.4 Å². The molecule has 34 heavy (non-hydrogen) atoms. The molecular weight excluding hydrogens is 580 g/mol. The Morgan fingerprint density at radius 3 is 2.18 bits per heavy atom. The van der Waals surface area contributed by atoms with Crippen LogP contribution in [0, 0.1) is 0 Å². The highest BCUT2D eigenvalue weighted by atomic mass is 79.9. The van der Waals surface area contributed by atoms with E-state index in [0.29, 0.717) is 16.7 Å². The van der Waals surface area contributed by atoms with Gasteiger partial charge in [0, 0.05) is 21.7 Å². The summed E-state index contributed by atoms with van der Waals surface area (Å²) in [5, 5.41) is 2.12. The maximum atomic E-state index is 13.3. The van der Waals surface area contributed by atoms with Crippen LogP contribution in [0.4, 0.5) is 18.9 Å². The maximum Gasteiger partial charge on any atom is 0.417 e. The van der Waals surface area contributed by atoms with Crippen molar-refractivity contribution in [2.45, 2.75) is 17.6 Å². The van der Waals surface area contributed by atoms with E-state index in [9.17, 15) is 26.4 Å². The van der Waals surface area contributed by atoms with E-state index >= 15 is 0 Å². The molecule has 0 unspecified atom stereocenters. The standard InChI is InChI=1S/C22H16BrCl2F3N2O3S/c23-15-3-1-14(2-4-15)12-30(34(32,33)18-8-5-16(24)6-9-18)13-21(31)29-17-7-10-20(25)19(11-17)22(26,27)28/h1-11H,12-13H2,(H,29,31). The first-order chi connectivity index (χ1) is 15.9. The molecule has 0 atom stereocenters. The van der Waals surface area contributed by atoms with Gasteiger partial charge in [0.1, 0.15) is 0 Å². The number of hydrogen-bond donors (Lipinski definition) is 1. The lowest BCUT2D eigenvalue weighted by atomic mass is 10.2. The Morgan fingerprint density at radius 1 is 0.971 bits per heavy atom. The van der Waals surface area contributed by atoms with Crippen molar-refractivity contribution in [1.82, 2.24) is 4.31 Å². The maximum absolute atomic E-state index is 13.3. The van der Waals surface area contributed by atoms with Crippen LogP contribution in [0.1, 0.15) is 11.1 Å². The molecule has 3 aromatic carbocycles. The Kier molecular flexibility index (Phi) is 8.30. The summed E-state index contributed by atoms with van der Waals surface area (Å²) in [7, 11) is -4.15. The molecule has 0 heterocycles. The van der Waals surface area contributed by atoms with Gasteiger partial charge in [0.2, 0.25) is 15.9 Å². The minimum Gasteiger partial charge on any atom is -0.325 e. The summed E-state index contributed by atoms with van der Waals surface area (Å²) in [6, 6.07) is 15.1. The third kappa shape index (κ3) is 6.73. The molecule has 0 aliphatic carbocycles. The smallest absolute Gasteiger partial charge is 0.325 e. The Labute approximate surface area is 212 Å². The van der Waals surface area contributed by atoms with Crippen molar-refractivity contribution in [3.8, 4) is 0 Å². The van der Waals surface area contributed by atoms with Gasteiger partial charge in [0.05, 0.1) is 22.0 Å². The summed E-state index contributed by atoms with van der Waals surface area (Å²) in [5.41, 5.74) is -0.693. The number of nitrogens with one attached hydrogen (secondary N) is 1. The average Bonchev–Trinajstić information content (AvgIpc) is 2.75. The molecule has 0 aliphatic rings. The first-order valence-electron chi connectivity index (χ1n) is 9.53. The summed E-state index contributed by atoms with van der Waals surface area (Å²) < 4.78 is 67.6. The molecule has 0 spiro atoms. The molecule has 3 aromatic rings. The number of benzene rings is 3. The van der Waals surface area contributed by atoms with Gasteiger partial charge in [-0.25, -0.2) is 8.42 Å². The van der Waals surface area contributed by atoms with Crippen molar-refractivity contribution >= 4 is 60.7 Å². The first-order valence-corrected chi connectivity index (χ1v) is 12.5. The molecule has 0 bridgehead atoms. The van der Waals surface area contributed by atoms with E-state index < -0.39 is 39.2 Å². The first kappa shape index (κ1) is 26.5. The van der Waals surface area contributed by atoms with E-state index in [0.717, 1.165) is 14.8 Å². The van der Waals surface area contributed by atoms with Crippen molar-refractivity contribution in [1.29, 1.82) is 0 Å². The molecule has 12 heteroatoms. The third-order valence-electron chi connectivity index (χ3n) is 4.60. The predicted octanol–water partition coefficient (Wildman–Crippen LogP) is 6.60. The number of carbonyl (C=O) groups excluding carboxylic acids is 1. The molecule has 1 N–H and O–H groups in total. The van der Waals surface area contributed by atoms with Gasteiger partial charge in [-0.3, -0.25) is 4.79 Å². The van der Waals surface area contributed by atoms with Gasteiger partial charge in [0.25, 0.3) is 0 Å². The summed E-state index contributed by atoms with van der Waals surface area (Å²) in [6.45, 7) is -0.801. The molecule has 0 aromatic heterocycles. The van der Waals surface area contributed by atoms with Crippen molar-refractivity contribution in [3.05, 3.63) is 92.4 Å². The lowest BCUT2D eigenvalue weighted by Gasteiger charge is -2.22. The molecule has 0 radical (unpaired) electrons. The number of rotatable bonds is 7. The van der Waals surface area contributed by atoms with E-state index in [1.807, 2.05) is 0 Å². The lowest BCUT2D eigenvalue weighted by molar-refractivity contribution is -0.137. The van der Waals surface area contributed by atoms with Crippen LogP contribution in [0.15, 0.2) is 76.1 Å². The molecule has 3 rings (SSSR count). The summed E-state index contributed by atoms with van der Waals surface area (Å²) in [4.78, 5) is 12.6. The van der Waals surface area contributed by atoms with Crippen molar-refractivity contribution in [3.63, 3.8) is 0 Å². The van der Waals surface area contributed by atoms with Crippen LogP contribution in [0.5, 0.6) is 0 Å². The monoisotopic (exact) mass is 594 g/mol. The largest absolute Gasteiger partial charge is 0.417 e. The Morgan fingerprint density at radius 2 is 1.59 bits per heavy atom. The number of nitrogens with zero attached hydrogens (tertiary/aromatic N) is 1. The highest BCUT2D eigenvalue weighted by molar-refractivity contribution is 9.10. The Hall–Kier alpha value is -2.11. The Bertz CT molecular complexity index is 1290. The van der Waals surface area contributed by atoms with Crippen LogP contribution in [0.25, 0.3) is 0 Å². The van der Waals surface area contributed by atoms with Crippen LogP contribution in [-0.4, -0.2) is 25.2 Å². The topological polar surface area (TPSA) is 66.5 Å². The molecule has 0 aliphatic heterocycles.